The number of benzene rings is 1. The second-order valence-corrected chi connectivity index (χ2v) is 7.15. The number of hydrogen-bond donors (Lipinski definition) is 2. The average molecular weight is 397 g/mol. The van der Waals surface area contributed by atoms with E-state index in [4.69, 9.17) is 19.5 Å². The first-order chi connectivity index (χ1) is 13.1. The maximum Gasteiger partial charge on any atom is 0.407 e. The molecule has 27 heavy (non-hydrogen) atoms. The predicted octanol–water partition coefficient (Wildman–Crippen LogP) is 2.62. The molecule has 0 spiro atoms. The lowest BCUT2D eigenvalue weighted by atomic mass is 10.1. The van der Waals surface area contributed by atoms with Gasteiger partial charge in [0.05, 0.1) is 12.7 Å². The molecule has 1 amide bonds. The molecule has 1 aliphatic rings. The summed E-state index contributed by atoms with van der Waals surface area (Å²) in [7, 11) is 0. The highest BCUT2D eigenvalue weighted by Crippen LogP contribution is 2.26. The molecule has 10 heteroatoms. The van der Waals surface area contributed by atoms with Crippen LogP contribution in [0.1, 0.15) is 18.7 Å². The van der Waals surface area contributed by atoms with Gasteiger partial charge in [0.25, 0.3) is 5.89 Å². The van der Waals surface area contributed by atoms with Crippen LogP contribution in [0.3, 0.4) is 0 Å². The Morgan fingerprint density at radius 2 is 2.19 bits per heavy atom. The molecule has 3 rings (SSSR count). The lowest BCUT2D eigenvalue weighted by Crippen LogP contribution is -2.40. The Morgan fingerprint density at radius 1 is 1.41 bits per heavy atom. The molecule has 2 aromatic rings. The number of thioether (sulfide) groups is 1. The topological polar surface area (TPSA) is 109 Å². The van der Waals surface area contributed by atoms with E-state index in [9.17, 15) is 9.18 Å². The lowest BCUT2D eigenvalue weighted by molar-refractivity contribution is -0.00953. The number of nitrogens with zero attached hydrogens (tertiary/aromatic N) is 3. The maximum atomic E-state index is 14.1. The van der Waals surface area contributed by atoms with Crippen LogP contribution in [0.4, 0.5) is 9.18 Å². The fraction of sp³-hybridized carbons (Fsp3) is 0.471. The van der Waals surface area contributed by atoms with Gasteiger partial charge in [0.2, 0.25) is 5.82 Å². The molecule has 0 bridgehead atoms. The quantitative estimate of drug-likeness (QED) is 0.687. The number of ether oxygens (including phenoxy) is 1. The number of hydrogen-bond acceptors (Lipinski definition) is 7. The summed E-state index contributed by atoms with van der Waals surface area (Å²) in [6.07, 6.45) is 0.260. The van der Waals surface area contributed by atoms with Crippen molar-refractivity contribution < 1.29 is 28.7 Å². The van der Waals surface area contributed by atoms with Gasteiger partial charge in [-0.3, -0.25) is 0 Å². The van der Waals surface area contributed by atoms with Gasteiger partial charge >= 0.3 is 6.09 Å². The Hall–Kier alpha value is -2.17. The van der Waals surface area contributed by atoms with Crippen molar-refractivity contribution in [2.45, 2.75) is 30.4 Å². The molecule has 1 saturated heterocycles. The van der Waals surface area contributed by atoms with E-state index in [0.717, 1.165) is 0 Å². The first-order valence-electron chi connectivity index (χ1n) is 8.52. The number of amides is 1. The molecule has 1 fully saturated rings. The third kappa shape index (κ3) is 5.18. The maximum absolute atomic E-state index is 14.1. The lowest BCUT2D eigenvalue weighted by Gasteiger charge is -2.29. The van der Waals surface area contributed by atoms with Gasteiger partial charge in [0.15, 0.2) is 0 Å². The molecule has 0 atom stereocenters. The minimum absolute atomic E-state index is 0.0185. The Bertz CT molecular complexity index is 780. The Kier molecular flexibility index (Phi) is 6.64. The zero-order chi connectivity index (χ0) is 19.2. The standard InChI is InChI=1S/C17H20FN3O5S/c18-13-9-11(1-2-14(13)27-8-7-22)16-19-15(26-20-16)10-25-12-3-5-21(6-4-12)17(23)24/h1-2,9,12,22H,3-8,10H2,(H,23,24). The molecule has 2 heterocycles. The van der Waals surface area contributed by atoms with Crippen molar-refractivity contribution >= 4 is 17.9 Å². The van der Waals surface area contributed by atoms with Gasteiger partial charge in [-0.25, -0.2) is 9.18 Å². The zero-order valence-electron chi connectivity index (χ0n) is 14.5. The van der Waals surface area contributed by atoms with Gasteiger partial charge in [-0.05, 0) is 31.0 Å². The predicted molar refractivity (Wildman–Crippen MR) is 94.9 cm³/mol. The molecular weight excluding hydrogens is 377 g/mol. The summed E-state index contributed by atoms with van der Waals surface area (Å²) in [5, 5.41) is 21.6. The van der Waals surface area contributed by atoms with E-state index in [0.29, 0.717) is 42.1 Å². The summed E-state index contributed by atoms with van der Waals surface area (Å²) in [6.45, 7) is 0.983. The van der Waals surface area contributed by atoms with Crippen molar-refractivity contribution in [1.82, 2.24) is 15.0 Å². The normalized spacial score (nSPS) is 15.3. The Morgan fingerprint density at radius 3 is 2.85 bits per heavy atom. The largest absolute Gasteiger partial charge is 0.465 e. The molecule has 146 valence electrons. The van der Waals surface area contributed by atoms with Crippen molar-refractivity contribution in [2.75, 3.05) is 25.4 Å². The van der Waals surface area contributed by atoms with E-state index < -0.39 is 11.9 Å². The summed E-state index contributed by atoms with van der Waals surface area (Å²) in [5.41, 5.74) is 0.491. The van der Waals surface area contributed by atoms with Gasteiger partial charge in [-0.1, -0.05) is 5.16 Å². The number of rotatable bonds is 7. The summed E-state index contributed by atoms with van der Waals surface area (Å²) >= 11 is 1.23. The van der Waals surface area contributed by atoms with Crippen LogP contribution in [0.2, 0.25) is 0 Å². The minimum atomic E-state index is -0.914. The highest BCUT2D eigenvalue weighted by Gasteiger charge is 2.23. The second-order valence-electron chi connectivity index (χ2n) is 6.01. The zero-order valence-corrected chi connectivity index (χ0v) is 15.3. The summed E-state index contributed by atoms with van der Waals surface area (Å²) in [4.78, 5) is 16.9. The van der Waals surface area contributed by atoms with E-state index in [1.807, 2.05) is 0 Å². The third-order valence-electron chi connectivity index (χ3n) is 4.16. The molecule has 2 N–H and O–H groups in total. The van der Waals surface area contributed by atoms with E-state index in [-0.39, 0.29) is 31.0 Å². The number of carbonyl (C=O) groups is 1. The monoisotopic (exact) mass is 397 g/mol. The van der Waals surface area contributed by atoms with Crippen molar-refractivity contribution in [2.24, 2.45) is 0 Å². The van der Waals surface area contributed by atoms with Crippen LogP contribution in [-0.2, 0) is 11.3 Å². The van der Waals surface area contributed by atoms with Crippen molar-refractivity contribution in [3.8, 4) is 11.4 Å². The molecule has 1 aromatic heterocycles. The molecule has 1 aliphatic heterocycles. The fourth-order valence-corrected chi connectivity index (χ4v) is 3.42. The van der Waals surface area contributed by atoms with E-state index in [1.54, 1.807) is 12.1 Å². The van der Waals surface area contributed by atoms with E-state index >= 15 is 0 Å². The van der Waals surface area contributed by atoms with Crippen molar-refractivity contribution in [3.63, 3.8) is 0 Å². The van der Waals surface area contributed by atoms with Gasteiger partial charge in [-0.15, -0.1) is 11.8 Å². The van der Waals surface area contributed by atoms with Crippen LogP contribution in [0.15, 0.2) is 27.6 Å². The Labute approximate surface area is 159 Å². The van der Waals surface area contributed by atoms with Crippen LogP contribution in [0.25, 0.3) is 11.4 Å². The van der Waals surface area contributed by atoms with Crippen molar-refractivity contribution in [1.29, 1.82) is 0 Å². The SMILES string of the molecule is O=C(O)N1CCC(OCc2nc(-c3ccc(SCCO)c(F)c3)no2)CC1. The van der Waals surface area contributed by atoms with Gasteiger partial charge in [0, 0.05) is 29.3 Å². The molecule has 0 saturated carbocycles. The van der Waals surface area contributed by atoms with Gasteiger partial charge in [-0.2, -0.15) is 4.98 Å². The van der Waals surface area contributed by atoms with Gasteiger partial charge < -0.3 is 24.4 Å². The molecule has 1 aromatic carbocycles. The highest BCUT2D eigenvalue weighted by molar-refractivity contribution is 7.99. The number of aliphatic hydroxyl groups is 1. The number of piperidine rings is 1. The second kappa shape index (κ2) is 9.16. The smallest absolute Gasteiger partial charge is 0.407 e. The minimum Gasteiger partial charge on any atom is -0.465 e. The molecule has 0 radical (unpaired) electrons. The Balaban J connectivity index is 1.54. The van der Waals surface area contributed by atoms with Gasteiger partial charge in [0.1, 0.15) is 12.4 Å². The van der Waals surface area contributed by atoms with Crippen molar-refractivity contribution in [3.05, 3.63) is 29.9 Å². The molecule has 0 aliphatic carbocycles. The summed E-state index contributed by atoms with van der Waals surface area (Å²) in [6, 6.07) is 4.64. The average Bonchev–Trinajstić information content (AvgIpc) is 3.15. The van der Waals surface area contributed by atoms with Crippen LogP contribution >= 0.6 is 11.8 Å². The first-order valence-corrected chi connectivity index (χ1v) is 9.51. The molecular formula is C17H20FN3O5S. The number of aromatic nitrogens is 2. The number of carboxylic acid groups (broad SMARTS) is 1. The van der Waals surface area contributed by atoms with E-state index in [1.165, 1.54) is 22.7 Å². The number of likely N-dealkylation sites (tertiary alicyclic amines) is 1. The summed E-state index contributed by atoms with van der Waals surface area (Å²) < 4.78 is 25.0. The molecule has 0 unspecified atom stereocenters. The third-order valence-corrected chi connectivity index (χ3v) is 5.19. The van der Waals surface area contributed by atoms with Crippen LogP contribution in [0, 0.1) is 5.82 Å². The van der Waals surface area contributed by atoms with Crippen LogP contribution in [0.5, 0.6) is 0 Å². The van der Waals surface area contributed by atoms with E-state index in [2.05, 4.69) is 10.1 Å². The molecule has 8 nitrogen and oxygen atoms in total. The van der Waals surface area contributed by atoms with Crippen LogP contribution < -0.4 is 0 Å². The highest BCUT2D eigenvalue weighted by atomic mass is 32.2. The summed E-state index contributed by atoms with van der Waals surface area (Å²) in [5.74, 6) is 0.571. The first kappa shape index (κ1) is 19.6. The van der Waals surface area contributed by atoms with Crippen LogP contribution in [-0.4, -0.2) is 62.9 Å². The number of halogens is 1. The number of aliphatic hydroxyl groups excluding tert-OH is 1. The fourth-order valence-electron chi connectivity index (χ4n) is 2.75.